The van der Waals surface area contributed by atoms with Crippen molar-refractivity contribution in [3.05, 3.63) is 35.9 Å². The zero-order valence-electron chi connectivity index (χ0n) is 11.8. The zero-order valence-corrected chi connectivity index (χ0v) is 11.8. The standard InChI is InChI=1S/C14H18N2.C2H6/c1-16-9-7-13(8-10-16)14(11-15)12-5-3-2-4-6-12;1-2/h2-6,13-14H,7-10H2,1H3;1-2H3. The highest BCUT2D eigenvalue weighted by Gasteiger charge is 2.26. The quantitative estimate of drug-likeness (QED) is 0.794. The highest BCUT2D eigenvalue weighted by atomic mass is 15.1. The summed E-state index contributed by atoms with van der Waals surface area (Å²) in [6.07, 6.45) is 2.28. The van der Waals surface area contributed by atoms with Crippen LogP contribution < -0.4 is 0 Å². The Hall–Kier alpha value is -1.33. The Morgan fingerprint density at radius 1 is 1.17 bits per heavy atom. The lowest BCUT2D eigenvalue weighted by Crippen LogP contribution is -2.32. The third-order valence-electron chi connectivity index (χ3n) is 3.53. The van der Waals surface area contributed by atoms with Crippen molar-refractivity contribution in [3.8, 4) is 6.07 Å². The summed E-state index contributed by atoms with van der Waals surface area (Å²) in [6.45, 7) is 6.24. The second kappa shape index (κ2) is 7.89. The predicted octanol–water partition coefficient (Wildman–Crippen LogP) is 3.66. The maximum Gasteiger partial charge on any atom is 0.0741 e. The minimum absolute atomic E-state index is 0.0786. The maximum absolute atomic E-state index is 9.33. The van der Waals surface area contributed by atoms with Gasteiger partial charge in [-0.2, -0.15) is 5.26 Å². The van der Waals surface area contributed by atoms with Gasteiger partial charge in [-0.15, -0.1) is 0 Å². The van der Waals surface area contributed by atoms with E-state index in [2.05, 4.69) is 30.1 Å². The van der Waals surface area contributed by atoms with Crippen LogP contribution in [0.15, 0.2) is 30.3 Å². The highest BCUT2D eigenvalue weighted by Crippen LogP contribution is 2.31. The molecule has 2 nitrogen and oxygen atoms in total. The number of hydrogen-bond donors (Lipinski definition) is 0. The van der Waals surface area contributed by atoms with Crippen molar-refractivity contribution in [3.63, 3.8) is 0 Å². The third kappa shape index (κ3) is 3.85. The van der Waals surface area contributed by atoms with Crippen molar-refractivity contribution >= 4 is 0 Å². The smallest absolute Gasteiger partial charge is 0.0741 e. The lowest BCUT2D eigenvalue weighted by Gasteiger charge is -2.31. The van der Waals surface area contributed by atoms with Crippen LogP contribution in [-0.4, -0.2) is 25.0 Å². The average Bonchev–Trinajstić information content (AvgIpc) is 2.45. The predicted molar refractivity (Wildman–Crippen MR) is 76.4 cm³/mol. The van der Waals surface area contributed by atoms with E-state index in [0.29, 0.717) is 5.92 Å². The molecule has 0 N–H and O–H groups in total. The van der Waals surface area contributed by atoms with Crippen LogP contribution in [0.3, 0.4) is 0 Å². The van der Waals surface area contributed by atoms with Crippen LogP contribution >= 0.6 is 0 Å². The largest absolute Gasteiger partial charge is 0.306 e. The van der Waals surface area contributed by atoms with Crippen LogP contribution in [0.25, 0.3) is 0 Å². The Morgan fingerprint density at radius 2 is 1.72 bits per heavy atom. The molecule has 0 bridgehead atoms. The van der Waals surface area contributed by atoms with Crippen LogP contribution in [0.4, 0.5) is 0 Å². The molecule has 1 aromatic rings. The van der Waals surface area contributed by atoms with E-state index in [1.165, 1.54) is 5.56 Å². The summed E-state index contributed by atoms with van der Waals surface area (Å²) < 4.78 is 0. The number of nitriles is 1. The topological polar surface area (TPSA) is 27.0 Å². The highest BCUT2D eigenvalue weighted by molar-refractivity contribution is 5.25. The molecule has 2 heteroatoms. The first kappa shape index (κ1) is 14.7. The van der Waals surface area contributed by atoms with Gasteiger partial charge < -0.3 is 4.90 Å². The molecular weight excluding hydrogens is 220 g/mol. The second-order valence-electron chi connectivity index (χ2n) is 4.66. The van der Waals surface area contributed by atoms with Crippen molar-refractivity contribution in [2.75, 3.05) is 20.1 Å². The van der Waals surface area contributed by atoms with Crippen LogP contribution in [0.5, 0.6) is 0 Å². The van der Waals surface area contributed by atoms with E-state index >= 15 is 0 Å². The SMILES string of the molecule is CC.CN1CCC(C(C#N)c2ccccc2)CC1. The minimum atomic E-state index is 0.0786. The van der Waals surface area contributed by atoms with Crippen molar-refractivity contribution in [2.24, 2.45) is 5.92 Å². The number of likely N-dealkylation sites (tertiary alicyclic amines) is 1. The van der Waals surface area contributed by atoms with Gasteiger partial charge in [0, 0.05) is 0 Å². The summed E-state index contributed by atoms with van der Waals surface area (Å²) in [5, 5.41) is 9.33. The van der Waals surface area contributed by atoms with Gasteiger partial charge in [-0.1, -0.05) is 44.2 Å². The van der Waals surface area contributed by atoms with Crippen LogP contribution in [0.1, 0.15) is 38.2 Å². The van der Waals surface area contributed by atoms with E-state index in [4.69, 9.17) is 0 Å². The minimum Gasteiger partial charge on any atom is -0.306 e. The molecule has 1 atom stereocenters. The molecule has 0 aliphatic carbocycles. The maximum atomic E-state index is 9.33. The van der Waals surface area contributed by atoms with E-state index in [1.807, 2.05) is 32.0 Å². The summed E-state index contributed by atoms with van der Waals surface area (Å²) in [5.74, 6) is 0.610. The number of nitrogens with zero attached hydrogens (tertiary/aromatic N) is 2. The molecule has 1 aliphatic heterocycles. The van der Waals surface area contributed by atoms with Gasteiger partial charge in [-0.3, -0.25) is 0 Å². The molecule has 18 heavy (non-hydrogen) atoms. The van der Waals surface area contributed by atoms with Gasteiger partial charge in [0.1, 0.15) is 0 Å². The fourth-order valence-corrected chi connectivity index (χ4v) is 2.47. The van der Waals surface area contributed by atoms with Gasteiger partial charge in [0.05, 0.1) is 12.0 Å². The zero-order chi connectivity index (χ0) is 13.4. The lowest BCUT2D eigenvalue weighted by molar-refractivity contribution is 0.210. The molecule has 1 fully saturated rings. The Balaban J connectivity index is 0.000000771. The molecule has 1 heterocycles. The fraction of sp³-hybridized carbons (Fsp3) is 0.562. The monoisotopic (exact) mass is 244 g/mol. The molecule has 0 amide bonds. The third-order valence-corrected chi connectivity index (χ3v) is 3.53. The molecule has 2 rings (SSSR count). The van der Waals surface area contributed by atoms with E-state index in [9.17, 15) is 5.26 Å². The van der Waals surface area contributed by atoms with E-state index < -0.39 is 0 Å². The molecule has 1 unspecified atom stereocenters. The second-order valence-corrected chi connectivity index (χ2v) is 4.66. The van der Waals surface area contributed by atoms with Crippen LogP contribution in [-0.2, 0) is 0 Å². The Labute approximate surface area is 111 Å². The number of rotatable bonds is 2. The van der Waals surface area contributed by atoms with Crippen molar-refractivity contribution in [1.82, 2.24) is 4.90 Å². The number of benzene rings is 1. The Bertz CT molecular complexity index is 358. The summed E-state index contributed by atoms with van der Waals surface area (Å²) >= 11 is 0. The molecule has 0 radical (unpaired) electrons. The van der Waals surface area contributed by atoms with Crippen molar-refractivity contribution < 1.29 is 0 Å². The summed E-state index contributed by atoms with van der Waals surface area (Å²) in [4.78, 5) is 2.34. The molecule has 98 valence electrons. The van der Waals surface area contributed by atoms with E-state index in [1.54, 1.807) is 0 Å². The Morgan fingerprint density at radius 3 is 2.22 bits per heavy atom. The molecule has 0 aromatic heterocycles. The van der Waals surface area contributed by atoms with Crippen molar-refractivity contribution in [2.45, 2.75) is 32.6 Å². The summed E-state index contributed by atoms with van der Waals surface area (Å²) in [5.41, 5.74) is 1.18. The molecule has 0 spiro atoms. The summed E-state index contributed by atoms with van der Waals surface area (Å²) in [6, 6.07) is 12.7. The number of hydrogen-bond acceptors (Lipinski definition) is 2. The van der Waals surface area contributed by atoms with Gasteiger partial charge in [-0.25, -0.2) is 0 Å². The van der Waals surface area contributed by atoms with Crippen LogP contribution in [0.2, 0.25) is 0 Å². The molecule has 1 saturated heterocycles. The first-order valence-corrected chi connectivity index (χ1v) is 6.94. The normalized spacial score (nSPS) is 18.3. The summed E-state index contributed by atoms with van der Waals surface area (Å²) in [7, 11) is 2.15. The van der Waals surface area contributed by atoms with Gasteiger partial charge in [0.15, 0.2) is 0 Å². The van der Waals surface area contributed by atoms with Gasteiger partial charge in [0.25, 0.3) is 0 Å². The van der Waals surface area contributed by atoms with Crippen LogP contribution in [0, 0.1) is 17.2 Å². The first-order valence-electron chi connectivity index (χ1n) is 6.94. The molecule has 0 saturated carbocycles. The van der Waals surface area contributed by atoms with E-state index in [0.717, 1.165) is 25.9 Å². The van der Waals surface area contributed by atoms with Gasteiger partial charge in [-0.05, 0) is 44.5 Å². The Kier molecular flexibility index (Phi) is 6.46. The average molecular weight is 244 g/mol. The molecular formula is C16H24N2. The van der Waals surface area contributed by atoms with Gasteiger partial charge >= 0.3 is 0 Å². The van der Waals surface area contributed by atoms with Gasteiger partial charge in [0.2, 0.25) is 0 Å². The van der Waals surface area contributed by atoms with Crippen molar-refractivity contribution in [1.29, 1.82) is 5.26 Å². The fourth-order valence-electron chi connectivity index (χ4n) is 2.47. The number of piperidine rings is 1. The van der Waals surface area contributed by atoms with E-state index in [-0.39, 0.29) is 5.92 Å². The lowest BCUT2D eigenvalue weighted by atomic mass is 9.81. The molecule has 1 aromatic carbocycles. The molecule has 1 aliphatic rings. The first-order chi connectivity index (χ1) is 8.81.